The lowest BCUT2D eigenvalue weighted by Crippen LogP contribution is -2.09. The quantitative estimate of drug-likeness (QED) is 0.742. The van der Waals surface area contributed by atoms with Crippen molar-refractivity contribution < 1.29 is 31.1 Å². The van der Waals surface area contributed by atoms with Gasteiger partial charge in [0.15, 0.2) is 0 Å². The lowest BCUT2D eigenvalue weighted by molar-refractivity contribution is -0.138. The summed E-state index contributed by atoms with van der Waals surface area (Å²) in [4.78, 5) is 3.67. The fraction of sp³-hybridized carbons (Fsp3) is 0.214. The van der Waals surface area contributed by atoms with E-state index in [0.29, 0.717) is 12.1 Å². The van der Waals surface area contributed by atoms with Gasteiger partial charge < -0.3 is 4.74 Å². The molecular formula is C14H9F6NO. The first-order valence-electron chi connectivity index (χ1n) is 5.92. The van der Waals surface area contributed by atoms with Crippen LogP contribution >= 0.6 is 0 Å². The lowest BCUT2D eigenvalue weighted by atomic mass is 9.99. The van der Waals surface area contributed by atoms with E-state index in [1.165, 1.54) is 0 Å². The third-order valence-corrected chi connectivity index (χ3v) is 2.92. The van der Waals surface area contributed by atoms with Crippen LogP contribution in [0.25, 0.3) is 11.1 Å². The minimum Gasteiger partial charge on any atom is -0.481 e. The maximum absolute atomic E-state index is 13.1. The van der Waals surface area contributed by atoms with E-state index in [0.717, 1.165) is 31.5 Å². The van der Waals surface area contributed by atoms with Gasteiger partial charge in [-0.05, 0) is 23.8 Å². The molecule has 0 saturated carbocycles. The molecule has 0 amide bonds. The van der Waals surface area contributed by atoms with Crippen LogP contribution in [0.5, 0.6) is 5.88 Å². The van der Waals surface area contributed by atoms with Gasteiger partial charge >= 0.3 is 12.4 Å². The standard InChI is InChI=1S/C14H9F6NO/c1-22-12-11(10(6-7-21-12)14(18,19)20)8-2-4-9(5-3-8)13(15,16)17/h2-7H,1H3. The van der Waals surface area contributed by atoms with E-state index in [9.17, 15) is 26.3 Å². The molecule has 0 radical (unpaired) electrons. The Morgan fingerprint density at radius 3 is 1.91 bits per heavy atom. The number of ether oxygens (including phenoxy) is 1. The van der Waals surface area contributed by atoms with E-state index < -0.39 is 29.0 Å². The first-order chi connectivity index (χ1) is 10.1. The van der Waals surface area contributed by atoms with Crippen LogP contribution in [0, 0.1) is 0 Å². The number of alkyl halides is 6. The van der Waals surface area contributed by atoms with Crippen LogP contribution in [-0.2, 0) is 12.4 Å². The SMILES string of the molecule is COc1nccc(C(F)(F)F)c1-c1ccc(C(F)(F)F)cc1. The van der Waals surface area contributed by atoms with Crippen molar-refractivity contribution in [1.82, 2.24) is 4.98 Å². The Balaban J connectivity index is 2.61. The molecule has 0 saturated heterocycles. The summed E-state index contributed by atoms with van der Waals surface area (Å²) < 4.78 is 81.5. The van der Waals surface area contributed by atoms with E-state index in [-0.39, 0.29) is 11.4 Å². The second kappa shape index (κ2) is 5.51. The summed E-state index contributed by atoms with van der Waals surface area (Å²) in [5, 5.41) is 0. The average Bonchev–Trinajstić information content (AvgIpc) is 2.44. The molecule has 0 fully saturated rings. The predicted octanol–water partition coefficient (Wildman–Crippen LogP) is 4.79. The minimum atomic E-state index is -4.69. The van der Waals surface area contributed by atoms with Gasteiger partial charge in [0, 0.05) is 6.20 Å². The van der Waals surface area contributed by atoms with Crippen LogP contribution in [0.4, 0.5) is 26.3 Å². The van der Waals surface area contributed by atoms with Crippen molar-refractivity contribution in [1.29, 1.82) is 0 Å². The second-order valence-electron chi connectivity index (χ2n) is 4.32. The second-order valence-corrected chi connectivity index (χ2v) is 4.32. The van der Waals surface area contributed by atoms with Crippen LogP contribution < -0.4 is 4.74 Å². The summed E-state index contributed by atoms with van der Waals surface area (Å²) in [6.07, 6.45) is -8.33. The van der Waals surface area contributed by atoms with E-state index >= 15 is 0 Å². The topological polar surface area (TPSA) is 22.1 Å². The Labute approximate surface area is 121 Å². The van der Waals surface area contributed by atoms with Gasteiger partial charge in [0.05, 0.1) is 23.8 Å². The van der Waals surface area contributed by atoms with E-state index in [2.05, 4.69) is 4.98 Å². The number of aromatic nitrogens is 1. The van der Waals surface area contributed by atoms with Crippen molar-refractivity contribution in [2.75, 3.05) is 7.11 Å². The van der Waals surface area contributed by atoms with Gasteiger partial charge in [0.1, 0.15) is 0 Å². The molecule has 0 atom stereocenters. The van der Waals surface area contributed by atoms with Gasteiger partial charge in [0.2, 0.25) is 5.88 Å². The fourth-order valence-corrected chi connectivity index (χ4v) is 1.94. The molecule has 0 aliphatic rings. The highest BCUT2D eigenvalue weighted by Crippen LogP contribution is 2.41. The number of hydrogen-bond donors (Lipinski definition) is 0. The Morgan fingerprint density at radius 1 is 0.864 bits per heavy atom. The minimum absolute atomic E-state index is 0.0646. The molecule has 1 heterocycles. The van der Waals surface area contributed by atoms with E-state index in [1.807, 2.05) is 0 Å². The summed E-state index contributed by atoms with van der Waals surface area (Å²) in [6, 6.07) is 4.08. The highest BCUT2D eigenvalue weighted by Gasteiger charge is 2.36. The molecule has 0 aliphatic heterocycles. The monoisotopic (exact) mass is 321 g/mol. The largest absolute Gasteiger partial charge is 0.481 e. The van der Waals surface area contributed by atoms with Crippen molar-refractivity contribution in [2.45, 2.75) is 12.4 Å². The third kappa shape index (κ3) is 3.15. The number of methoxy groups -OCH3 is 1. The molecule has 0 N–H and O–H groups in total. The van der Waals surface area contributed by atoms with Crippen LogP contribution in [0.15, 0.2) is 36.5 Å². The van der Waals surface area contributed by atoms with Crippen molar-refractivity contribution in [3.63, 3.8) is 0 Å². The Morgan fingerprint density at radius 2 is 1.45 bits per heavy atom. The van der Waals surface area contributed by atoms with Gasteiger partial charge in [0.25, 0.3) is 0 Å². The highest BCUT2D eigenvalue weighted by molar-refractivity contribution is 5.73. The maximum Gasteiger partial charge on any atom is 0.417 e. The third-order valence-electron chi connectivity index (χ3n) is 2.92. The molecule has 2 aromatic rings. The van der Waals surface area contributed by atoms with Crippen molar-refractivity contribution in [2.24, 2.45) is 0 Å². The van der Waals surface area contributed by atoms with E-state index in [4.69, 9.17) is 4.74 Å². The zero-order chi connectivity index (χ0) is 16.5. The summed E-state index contributed by atoms with van der Waals surface area (Å²) in [5.41, 5.74) is -2.44. The number of benzene rings is 1. The Hall–Kier alpha value is -2.25. The molecule has 0 aliphatic carbocycles. The van der Waals surface area contributed by atoms with Crippen LogP contribution in [0.2, 0.25) is 0 Å². The van der Waals surface area contributed by atoms with Gasteiger partial charge in [-0.25, -0.2) is 4.98 Å². The van der Waals surface area contributed by atoms with Gasteiger partial charge in [-0.1, -0.05) is 12.1 Å². The van der Waals surface area contributed by atoms with Crippen molar-refractivity contribution in [3.8, 4) is 17.0 Å². The Bertz CT molecular complexity index is 661. The normalized spacial score (nSPS) is 12.3. The number of rotatable bonds is 2. The predicted molar refractivity (Wildman–Crippen MR) is 66.2 cm³/mol. The maximum atomic E-state index is 13.1. The average molecular weight is 321 g/mol. The number of pyridine rings is 1. The first-order valence-corrected chi connectivity index (χ1v) is 5.92. The zero-order valence-corrected chi connectivity index (χ0v) is 11.1. The van der Waals surface area contributed by atoms with Crippen molar-refractivity contribution in [3.05, 3.63) is 47.7 Å². The summed E-state index contributed by atoms with van der Waals surface area (Å²) in [7, 11) is 1.13. The van der Waals surface area contributed by atoms with Gasteiger partial charge in [-0.2, -0.15) is 26.3 Å². The highest BCUT2D eigenvalue weighted by atomic mass is 19.4. The molecule has 2 rings (SSSR count). The van der Waals surface area contributed by atoms with Crippen LogP contribution in [0.1, 0.15) is 11.1 Å². The molecule has 118 valence electrons. The molecule has 0 spiro atoms. The number of hydrogen-bond acceptors (Lipinski definition) is 2. The molecule has 22 heavy (non-hydrogen) atoms. The van der Waals surface area contributed by atoms with Gasteiger partial charge in [-0.15, -0.1) is 0 Å². The molecular weight excluding hydrogens is 312 g/mol. The fourth-order valence-electron chi connectivity index (χ4n) is 1.94. The first kappa shape index (κ1) is 16.1. The lowest BCUT2D eigenvalue weighted by Gasteiger charge is -2.16. The summed E-state index contributed by atoms with van der Waals surface area (Å²) >= 11 is 0. The van der Waals surface area contributed by atoms with E-state index in [1.54, 1.807) is 0 Å². The van der Waals surface area contributed by atoms with Crippen LogP contribution in [0.3, 0.4) is 0 Å². The van der Waals surface area contributed by atoms with Crippen LogP contribution in [-0.4, -0.2) is 12.1 Å². The zero-order valence-electron chi connectivity index (χ0n) is 11.1. The Kier molecular flexibility index (Phi) is 4.04. The number of nitrogens with zero attached hydrogens (tertiary/aromatic N) is 1. The summed E-state index contributed by atoms with van der Waals surface area (Å²) in [5.74, 6) is -0.311. The number of halogens is 6. The molecule has 0 unspecified atom stereocenters. The molecule has 2 nitrogen and oxygen atoms in total. The van der Waals surface area contributed by atoms with Crippen molar-refractivity contribution >= 4 is 0 Å². The molecule has 1 aromatic carbocycles. The smallest absolute Gasteiger partial charge is 0.417 e. The molecule has 8 heteroatoms. The molecule has 0 bridgehead atoms. The van der Waals surface area contributed by atoms with Gasteiger partial charge in [-0.3, -0.25) is 0 Å². The summed E-state index contributed by atoms with van der Waals surface area (Å²) in [6.45, 7) is 0. The molecule has 1 aromatic heterocycles.